The van der Waals surface area contributed by atoms with Crippen LogP contribution in [0.1, 0.15) is 10.4 Å². The normalized spacial score (nSPS) is 13.1. The Labute approximate surface area is 115 Å². The third kappa shape index (κ3) is 1.92. The molecule has 0 atom stereocenters. The summed E-state index contributed by atoms with van der Waals surface area (Å²) in [6.07, 6.45) is 0. The topological polar surface area (TPSA) is 69.6 Å². The predicted molar refractivity (Wildman–Crippen MR) is 75.7 cm³/mol. The van der Waals surface area contributed by atoms with Gasteiger partial charge in [0.25, 0.3) is 5.91 Å². The molecule has 1 aliphatic rings. The second-order valence-electron chi connectivity index (χ2n) is 4.65. The van der Waals surface area contributed by atoms with Gasteiger partial charge in [-0.15, -0.1) is 0 Å². The van der Waals surface area contributed by atoms with Crippen LogP contribution in [-0.4, -0.2) is 36.6 Å². The van der Waals surface area contributed by atoms with Crippen LogP contribution >= 0.6 is 0 Å². The van der Waals surface area contributed by atoms with E-state index in [9.17, 15) is 9.59 Å². The molecule has 0 aromatic heterocycles. The van der Waals surface area contributed by atoms with Crippen LogP contribution in [0.25, 0.3) is 10.8 Å². The lowest BCUT2D eigenvalue weighted by molar-refractivity contribution is -0.119. The van der Waals surface area contributed by atoms with Gasteiger partial charge in [0, 0.05) is 17.5 Å². The van der Waals surface area contributed by atoms with Crippen LogP contribution in [0.5, 0.6) is 0 Å². The van der Waals surface area contributed by atoms with Crippen molar-refractivity contribution >= 4 is 28.3 Å². The van der Waals surface area contributed by atoms with Crippen molar-refractivity contribution in [3.8, 4) is 0 Å². The van der Waals surface area contributed by atoms with Crippen molar-refractivity contribution in [3.63, 3.8) is 0 Å². The zero-order chi connectivity index (χ0) is 14.1. The van der Waals surface area contributed by atoms with Gasteiger partial charge in [0.1, 0.15) is 6.54 Å². The molecule has 5 heteroatoms. The molecule has 1 aliphatic heterocycles. The van der Waals surface area contributed by atoms with Gasteiger partial charge >= 0.3 is 0 Å². The lowest BCUT2D eigenvalue weighted by Gasteiger charge is -2.17. The number of carbonyl (C=O) groups is 2. The zero-order valence-corrected chi connectivity index (χ0v) is 10.8. The Morgan fingerprint density at radius 2 is 1.95 bits per heavy atom. The number of nitrogens with one attached hydrogen (secondary N) is 1. The van der Waals surface area contributed by atoms with E-state index in [1.807, 2.05) is 30.3 Å². The fourth-order valence-electron chi connectivity index (χ4n) is 2.53. The SMILES string of the molecule is O=C(CN1C(=O)c2cccc3cccc1c23)NCCO. The van der Waals surface area contributed by atoms with Crippen molar-refractivity contribution < 1.29 is 14.7 Å². The van der Waals surface area contributed by atoms with Crippen LogP contribution < -0.4 is 10.2 Å². The number of anilines is 1. The van der Waals surface area contributed by atoms with E-state index in [0.29, 0.717) is 5.56 Å². The van der Waals surface area contributed by atoms with Crippen LogP contribution in [0, 0.1) is 0 Å². The van der Waals surface area contributed by atoms with Gasteiger partial charge in [0.2, 0.25) is 5.91 Å². The lowest BCUT2D eigenvalue weighted by Crippen LogP contribution is -2.39. The largest absolute Gasteiger partial charge is 0.395 e. The summed E-state index contributed by atoms with van der Waals surface area (Å²) < 4.78 is 0. The first-order valence-corrected chi connectivity index (χ1v) is 6.43. The molecule has 20 heavy (non-hydrogen) atoms. The van der Waals surface area contributed by atoms with E-state index in [-0.39, 0.29) is 31.5 Å². The van der Waals surface area contributed by atoms with Gasteiger partial charge in [-0.05, 0) is 17.5 Å². The molecule has 1 heterocycles. The van der Waals surface area contributed by atoms with Crippen LogP contribution in [-0.2, 0) is 4.79 Å². The lowest BCUT2D eigenvalue weighted by atomic mass is 10.1. The Morgan fingerprint density at radius 1 is 1.20 bits per heavy atom. The standard InChI is InChI=1S/C15H14N2O3/c18-8-7-16-13(19)9-17-12-6-2-4-10-3-1-5-11(14(10)12)15(17)20/h1-6,18H,7-9H2,(H,16,19). The third-order valence-electron chi connectivity index (χ3n) is 3.38. The molecular weight excluding hydrogens is 256 g/mol. The van der Waals surface area contributed by atoms with Crippen LogP contribution in [0.15, 0.2) is 36.4 Å². The summed E-state index contributed by atoms with van der Waals surface area (Å²) in [6.45, 7) is 0.0418. The van der Waals surface area contributed by atoms with Crippen molar-refractivity contribution in [3.05, 3.63) is 42.0 Å². The van der Waals surface area contributed by atoms with Crippen molar-refractivity contribution in [2.75, 3.05) is 24.6 Å². The molecule has 3 rings (SSSR count). The van der Waals surface area contributed by atoms with Gasteiger partial charge in [-0.1, -0.05) is 24.3 Å². The van der Waals surface area contributed by atoms with Crippen LogP contribution in [0.2, 0.25) is 0 Å². The monoisotopic (exact) mass is 270 g/mol. The maximum atomic E-state index is 12.4. The summed E-state index contributed by atoms with van der Waals surface area (Å²) in [5.41, 5.74) is 1.40. The number of rotatable bonds is 4. The minimum atomic E-state index is -0.280. The molecular formula is C15H14N2O3. The number of aliphatic hydroxyl groups is 1. The van der Waals surface area contributed by atoms with Gasteiger partial charge in [-0.3, -0.25) is 14.5 Å². The van der Waals surface area contributed by atoms with Crippen molar-refractivity contribution in [2.24, 2.45) is 0 Å². The van der Waals surface area contributed by atoms with Gasteiger partial charge in [-0.2, -0.15) is 0 Å². The summed E-state index contributed by atoms with van der Waals surface area (Å²) in [5, 5.41) is 13.1. The molecule has 102 valence electrons. The van der Waals surface area contributed by atoms with E-state index in [1.165, 1.54) is 4.90 Å². The quantitative estimate of drug-likeness (QED) is 0.867. The number of amides is 2. The maximum absolute atomic E-state index is 12.4. The van der Waals surface area contributed by atoms with Gasteiger partial charge < -0.3 is 10.4 Å². The highest BCUT2D eigenvalue weighted by Gasteiger charge is 2.30. The Balaban J connectivity index is 1.95. The Morgan fingerprint density at radius 3 is 2.70 bits per heavy atom. The minimum Gasteiger partial charge on any atom is -0.395 e. The number of nitrogens with zero attached hydrogens (tertiary/aromatic N) is 1. The average molecular weight is 270 g/mol. The molecule has 0 unspecified atom stereocenters. The second kappa shape index (κ2) is 4.94. The molecule has 0 bridgehead atoms. The molecule has 0 spiro atoms. The summed E-state index contributed by atoms with van der Waals surface area (Å²) >= 11 is 0. The zero-order valence-electron chi connectivity index (χ0n) is 10.8. The maximum Gasteiger partial charge on any atom is 0.259 e. The summed E-state index contributed by atoms with van der Waals surface area (Å²) in [5.74, 6) is -0.437. The Kier molecular flexibility index (Phi) is 3.12. The van der Waals surface area contributed by atoms with E-state index in [2.05, 4.69) is 5.32 Å². The second-order valence-corrected chi connectivity index (χ2v) is 4.65. The Bertz CT molecular complexity index is 691. The molecule has 0 fully saturated rings. The highest BCUT2D eigenvalue weighted by molar-refractivity contribution is 6.26. The molecule has 2 aromatic carbocycles. The number of benzene rings is 2. The molecule has 0 saturated heterocycles. The highest BCUT2D eigenvalue weighted by atomic mass is 16.3. The van der Waals surface area contributed by atoms with Gasteiger partial charge in [-0.25, -0.2) is 0 Å². The third-order valence-corrected chi connectivity index (χ3v) is 3.38. The average Bonchev–Trinajstić information content (AvgIpc) is 2.73. The van der Waals surface area contributed by atoms with Crippen molar-refractivity contribution in [2.45, 2.75) is 0 Å². The molecule has 0 saturated carbocycles. The fourth-order valence-corrected chi connectivity index (χ4v) is 2.53. The summed E-state index contributed by atoms with van der Waals surface area (Å²) in [7, 11) is 0. The van der Waals surface area contributed by atoms with E-state index in [1.54, 1.807) is 6.07 Å². The molecule has 2 amide bonds. The molecule has 5 nitrogen and oxygen atoms in total. The number of hydrogen-bond acceptors (Lipinski definition) is 3. The fraction of sp³-hybridized carbons (Fsp3) is 0.200. The first kappa shape index (κ1) is 12.6. The summed E-state index contributed by atoms with van der Waals surface area (Å²) in [4.78, 5) is 25.6. The van der Waals surface area contributed by atoms with E-state index >= 15 is 0 Å². The number of aliphatic hydroxyl groups excluding tert-OH is 1. The number of carbonyl (C=O) groups excluding carboxylic acids is 2. The minimum absolute atomic E-state index is 0.0351. The summed E-state index contributed by atoms with van der Waals surface area (Å²) in [6, 6.07) is 11.2. The van der Waals surface area contributed by atoms with Gasteiger partial charge in [0.15, 0.2) is 0 Å². The molecule has 2 N–H and O–H groups in total. The predicted octanol–water partition coefficient (Wildman–Crippen LogP) is 0.908. The first-order chi connectivity index (χ1) is 9.72. The van der Waals surface area contributed by atoms with E-state index in [4.69, 9.17) is 5.11 Å². The van der Waals surface area contributed by atoms with Crippen LogP contribution in [0.4, 0.5) is 5.69 Å². The highest BCUT2D eigenvalue weighted by Crippen LogP contribution is 2.36. The Hall–Kier alpha value is -2.40. The molecule has 0 radical (unpaired) electrons. The smallest absolute Gasteiger partial charge is 0.259 e. The first-order valence-electron chi connectivity index (χ1n) is 6.43. The van der Waals surface area contributed by atoms with E-state index in [0.717, 1.165) is 16.5 Å². The van der Waals surface area contributed by atoms with Crippen LogP contribution in [0.3, 0.4) is 0 Å². The molecule has 2 aromatic rings. The van der Waals surface area contributed by atoms with E-state index < -0.39 is 0 Å². The van der Waals surface area contributed by atoms with Crippen molar-refractivity contribution in [1.29, 1.82) is 0 Å². The number of hydrogen-bond donors (Lipinski definition) is 2. The molecule has 0 aliphatic carbocycles. The van der Waals surface area contributed by atoms with Gasteiger partial charge in [0.05, 0.1) is 12.3 Å². The van der Waals surface area contributed by atoms with Crippen molar-refractivity contribution in [1.82, 2.24) is 5.32 Å².